The maximum absolute atomic E-state index is 12.0. The Labute approximate surface area is 137 Å². The van der Waals surface area contributed by atoms with Crippen LogP contribution in [0.4, 0.5) is 4.79 Å². The van der Waals surface area contributed by atoms with Crippen molar-refractivity contribution in [3.8, 4) is 0 Å². The summed E-state index contributed by atoms with van der Waals surface area (Å²) in [5.74, 6) is 0. The van der Waals surface area contributed by atoms with Gasteiger partial charge in [-0.05, 0) is 18.3 Å². The van der Waals surface area contributed by atoms with E-state index >= 15 is 0 Å². The van der Waals surface area contributed by atoms with Crippen molar-refractivity contribution in [2.75, 3.05) is 19.7 Å². The molecule has 1 amide bonds. The monoisotopic (exact) mass is 306 g/mol. The molecule has 0 aromatic carbocycles. The number of aromatic nitrogens is 3. The van der Waals surface area contributed by atoms with Gasteiger partial charge in [0.05, 0.1) is 25.0 Å². The number of rotatable bonds is 2. The lowest BCUT2D eigenvalue weighted by molar-refractivity contribution is -0.0319. The molecule has 2 aromatic rings. The molecule has 0 saturated carbocycles. The van der Waals surface area contributed by atoms with E-state index in [4.69, 9.17) is 33.0 Å². The Balaban J connectivity index is 1.83. The number of nitrogens with zero attached hydrogens (tertiary/aromatic N) is 4. The first-order valence-electron chi connectivity index (χ1n) is 7.11. The summed E-state index contributed by atoms with van der Waals surface area (Å²) in [6, 6.07) is 3.68. The minimum absolute atomic E-state index is 0.271. The van der Waals surface area contributed by atoms with Crippen LogP contribution in [-0.2, 0) is 9.47 Å². The molecule has 112 valence electrons. The van der Waals surface area contributed by atoms with E-state index in [0.717, 1.165) is 11.4 Å². The second-order valence-corrected chi connectivity index (χ2v) is 5.45. The summed E-state index contributed by atoms with van der Waals surface area (Å²) in [7, 11) is 15.9. The van der Waals surface area contributed by atoms with Crippen molar-refractivity contribution in [2.24, 2.45) is 0 Å². The lowest BCUT2D eigenvalue weighted by Crippen LogP contribution is -2.47. The van der Waals surface area contributed by atoms with Gasteiger partial charge in [-0.2, -0.15) is 5.10 Å². The predicted molar refractivity (Wildman–Crippen MR) is 84.5 cm³/mol. The van der Waals surface area contributed by atoms with Gasteiger partial charge in [0.25, 0.3) is 0 Å². The number of hydrogen-bond donors (Lipinski definition) is 0. The van der Waals surface area contributed by atoms with Gasteiger partial charge in [0.15, 0.2) is 5.65 Å². The number of carbonyl (C=O) groups is 1. The minimum Gasteiger partial charge on any atom is -0.473 e. The van der Waals surface area contributed by atoms with Gasteiger partial charge >= 0.3 is 6.09 Å². The zero-order chi connectivity index (χ0) is 16.6. The lowest BCUT2D eigenvalue weighted by atomic mass is 9.52. The fourth-order valence-electron chi connectivity index (χ4n) is 2.51. The van der Waals surface area contributed by atoms with Crippen LogP contribution in [0.5, 0.6) is 0 Å². The van der Waals surface area contributed by atoms with E-state index in [-0.39, 0.29) is 12.6 Å². The highest BCUT2D eigenvalue weighted by Gasteiger charge is 2.30. The van der Waals surface area contributed by atoms with E-state index in [2.05, 4.69) is 10.1 Å². The standard InChI is InChI=1S/C13H13B3N4O3/c1-8-6-9(20-11(18-8)2-3-17-20)10-7-19(4-5-22-10)12(21)23-13(14,15)16/h2-3,6,10H,4-5,7H2,1H3. The summed E-state index contributed by atoms with van der Waals surface area (Å²) in [5.41, 5.74) is 2.35. The molecule has 1 aliphatic heterocycles. The largest absolute Gasteiger partial charge is 0.473 e. The van der Waals surface area contributed by atoms with Crippen molar-refractivity contribution in [1.29, 1.82) is 0 Å². The normalized spacial score (nSPS) is 19.0. The van der Waals surface area contributed by atoms with Crippen molar-refractivity contribution in [3.63, 3.8) is 0 Å². The topological polar surface area (TPSA) is 69.0 Å². The maximum atomic E-state index is 12.0. The zero-order valence-corrected chi connectivity index (χ0v) is 12.7. The Kier molecular flexibility index (Phi) is 4.10. The number of fused-ring (bicyclic) bond motifs is 1. The Morgan fingerprint density at radius 1 is 1.48 bits per heavy atom. The van der Waals surface area contributed by atoms with Gasteiger partial charge in [-0.25, -0.2) is 14.3 Å². The maximum Gasteiger partial charge on any atom is 0.408 e. The van der Waals surface area contributed by atoms with Gasteiger partial charge in [0.1, 0.15) is 29.6 Å². The van der Waals surface area contributed by atoms with Crippen LogP contribution in [-0.4, -0.2) is 74.1 Å². The molecule has 7 nitrogen and oxygen atoms in total. The van der Waals surface area contributed by atoms with Gasteiger partial charge in [0.2, 0.25) is 0 Å². The Hall–Kier alpha value is -1.96. The molecule has 1 atom stereocenters. The minimum atomic E-state index is -2.01. The van der Waals surface area contributed by atoms with Gasteiger partial charge in [0, 0.05) is 18.3 Å². The van der Waals surface area contributed by atoms with Gasteiger partial charge in [-0.15, -0.1) is 0 Å². The highest BCUT2D eigenvalue weighted by molar-refractivity contribution is 6.58. The SMILES string of the molecule is [B]C([B])([B])OC(=O)N1CCOC(c2cc(C)nc3ccnn23)C1. The van der Waals surface area contributed by atoms with Crippen molar-refractivity contribution in [2.45, 2.75) is 18.3 Å². The summed E-state index contributed by atoms with van der Waals surface area (Å²) in [5, 5.41) is 2.24. The van der Waals surface area contributed by atoms with E-state index in [1.165, 1.54) is 4.90 Å². The molecule has 1 fully saturated rings. The van der Waals surface area contributed by atoms with E-state index < -0.39 is 11.4 Å². The number of morpholine rings is 1. The quantitative estimate of drug-likeness (QED) is 0.710. The fourth-order valence-corrected chi connectivity index (χ4v) is 2.51. The van der Waals surface area contributed by atoms with Crippen LogP contribution in [0.3, 0.4) is 0 Å². The Bertz CT molecular complexity index is 731. The number of amides is 1. The summed E-state index contributed by atoms with van der Waals surface area (Å²) in [4.78, 5) is 17.9. The third-order valence-corrected chi connectivity index (χ3v) is 3.43. The second kappa shape index (κ2) is 5.92. The average molecular weight is 306 g/mol. The van der Waals surface area contributed by atoms with Crippen LogP contribution in [0.1, 0.15) is 17.5 Å². The van der Waals surface area contributed by atoms with Crippen LogP contribution >= 0.6 is 0 Å². The molecule has 0 N–H and O–H groups in total. The molecule has 3 heterocycles. The van der Waals surface area contributed by atoms with Gasteiger partial charge in [-0.3, -0.25) is 0 Å². The number of aryl methyl sites for hydroxylation is 1. The molecule has 0 bridgehead atoms. The third-order valence-electron chi connectivity index (χ3n) is 3.43. The van der Waals surface area contributed by atoms with Crippen molar-refractivity contribution in [1.82, 2.24) is 19.5 Å². The molecule has 1 aliphatic rings. The summed E-state index contributed by atoms with van der Waals surface area (Å²) in [6.45, 7) is 2.86. The molecule has 1 unspecified atom stereocenters. The zero-order valence-electron chi connectivity index (χ0n) is 12.7. The third kappa shape index (κ3) is 3.52. The summed E-state index contributed by atoms with van der Waals surface area (Å²) in [6.07, 6.45) is 0.600. The van der Waals surface area contributed by atoms with E-state index in [1.807, 2.05) is 13.0 Å². The van der Waals surface area contributed by atoms with E-state index in [0.29, 0.717) is 18.8 Å². The fraction of sp³-hybridized carbons (Fsp3) is 0.462. The Morgan fingerprint density at radius 2 is 2.26 bits per heavy atom. The second-order valence-electron chi connectivity index (χ2n) is 5.45. The first-order valence-corrected chi connectivity index (χ1v) is 7.11. The molecular formula is C13H13B3N4O3. The van der Waals surface area contributed by atoms with Gasteiger partial charge in [-0.1, -0.05) is 0 Å². The smallest absolute Gasteiger partial charge is 0.408 e. The first-order chi connectivity index (χ1) is 10.8. The molecule has 1 saturated heterocycles. The van der Waals surface area contributed by atoms with Crippen LogP contribution in [0, 0.1) is 6.92 Å². The van der Waals surface area contributed by atoms with Crippen LogP contribution in [0.15, 0.2) is 18.3 Å². The molecule has 10 heteroatoms. The van der Waals surface area contributed by atoms with Crippen molar-refractivity contribution < 1.29 is 14.3 Å². The highest BCUT2D eigenvalue weighted by atomic mass is 16.6. The van der Waals surface area contributed by atoms with Gasteiger partial charge < -0.3 is 14.4 Å². The molecule has 6 radical (unpaired) electrons. The molecule has 0 aliphatic carbocycles. The summed E-state index contributed by atoms with van der Waals surface area (Å²) < 4.78 is 12.2. The highest BCUT2D eigenvalue weighted by Crippen LogP contribution is 2.24. The predicted octanol–water partition coefficient (Wildman–Crippen LogP) is -0.336. The van der Waals surface area contributed by atoms with Crippen LogP contribution < -0.4 is 0 Å². The van der Waals surface area contributed by atoms with E-state index in [9.17, 15) is 4.79 Å². The van der Waals surface area contributed by atoms with Crippen LogP contribution in [0.25, 0.3) is 5.65 Å². The Morgan fingerprint density at radius 3 is 3.00 bits per heavy atom. The number of hydrogen-bond acceptors (Lipinski definition) is 5. The molecule has 23 heavy (non-hydrogen) atoms. The lowest BCUT2D eigenvalue weighted by Gasteiger charge is -2.34. The first kappa shape index (κ1) is 15.9. The van der Waals surface area contributed by atoms with Crippen molar-refractivity contribution in [3.05, 3.63) is 29.7 Å². The van der Waals surface area contributed by atoms with Crippen molar-refractivity contribution >= 4 is 35.3 Å². The summed E-state index contributed by atoms with van der Waals surface area (Å²) >= 11 is 0. The average Bonchev–Trinajstić information content (AvgIpc) is 2.92. The van der Waals surface area contributed by atoms with E-state index in [1.54, 1.807) is 16.8 Å². The molecule has 0 spiro atoms. The number of ether oxygens (including phenoxy) is 2. The molecule has 3 rings (SSSR count). The molecule has 2 aromatic heterocycles. The van der Waals surface area contributed by atoms with Crippen LogP contribution in [0.2, 0.25) is 0 Å². The molecular weight excluding hydrogens is 293 g/mol. The number of carbonyl (C=O) groups excluding carboxylic acids is 1.